The Hall–Kier alpha value is -4.92. The normalized spacial score (nSPS) is 15.0. The third kappa shape index (κ3) is 7.91. The van der Waals surface area contributed by atoms with Gasteiger partial charge in [0.05, 0.1) is 17.9 Å². The average molecular weight is 637 g/mol. The van der Waals surface area contributed by atoms with Crippen molar-refractivity contribution in [3.05, 3.63) is 102 Å². The van der Waals surface area contributed by atoms with E-state index in [2.05, 4.69) is 28.0 Å². The Balaban J connectivity index is 1.22. The summed E-state index contributed by atoms with van der Waals surface area (Å²) in [7, 11) is 1.84. The minimum absolute atomic E-state index is 0.121. The Bertz CT molecular complexity index is 1640. The Morgan fingerprint density at radius 1 is 0.809 bits per heavy atom. The van der Waals surface area contributed by atoms with Gasteiger partial charge in [-0.3, -0.25) is 0 Å². The number of nitrogens with zero attached hydrogens (tertiary/aromatic N) is 4. The van der Waals surface area contributed by atoms with E-state index in [9.17, 15) is 4.79 Å². The lowest BCUT2D eigenvalue weighted by molar-refractivity contribution is 0.0200. The molecule has 4 aromatic rings. The molecule has 0 aliphatic carbocycles. The van der Waals surface area contributed by atoms with Crippen LogP contribution in [-0.2, 0) is 18.0 Å². The molecule has 0 atom stereocenters. The standard InChI is InChI=1S/C38H44N4O5/c1-38(2,3)47-37(43)40(4)30-20-22-41(23-21-30)31-16-11-17-32-35(31)44-25-24-42(32)33-18-19-34(45-26-28-12-7-5-8-13-28)39-36(33)46-27-29-14-9-6-10-15-29/h5-19,30H,20-27H2,1-4H3. The van der Waals surface area contributed by atoms with Crippen LogP contribution in [0.25, 0.3) is 0 Å². The summed E-state index contributed by atoms with van der Waals surface area (Å²) >= 11 is 0. The molecule has 6 rings (SSSR count). The molecule has 0 saturated carbocycles. The van der Waals surface area contributed by atoms with Crippen LogP contribution in [-0.4, -0.2) is 60.9 Å². The number of para-hydroxylation sites is 1. The maximum atomic E-state index is 12.7. The molecule has 0 radical (unpaired) electrons. The zero-order chi connectivity index (χ0) is 32.8. The van der Waals surface area contributed by atoms with E-state index in [1.54, 1.807) is 4.90 Å². The second-order valence-electron chi connectivity index (χ2n) is 13.0. The van der Waals surface area contributed by atoms with Gasteiger partial charge in [-0.25, -0.2) is 4.79 Å². The fourth-order valence-electron chi connectivity index (χ4n) is 5.97. The zero-order valence-corrected chi connectivity index (χ0v) is 27.7. The van der Waals surface area contributed by atoms with E-state index in [4.69, 9.17) is 23.9 Å². The summed E-state index contributed by atoms with van der Waals surface area (Å²) in [5.74, 6) is 1.85. The maximum absolute atomic E-state index is 12.7. The second kappa shape index (κ2) is 14.2. The van der Waals surface area contributed by atoms with Crippen molar-refractivity contribution < 1.29 is 23.7 Å². The summed E-state index contributed by atoms with van der Waals surface area (Å²) < 4.78 is 24.4. The molecule has 47 heavy (non-hydrogen) atoms. The number of ether oxygens (including phenoxy) is 4. The van der Waals surface area contributed by atoms with Gasteiger partial charge < -0.3 is 33.6 Å². The van der Waals surface area contributed by atoms with E-state index in [1.807, 2.05) is 101 Å². The first kappa shape index (κ1) is 32.0. The van der Waals surface area contributed by atoms with Crippen molar-refractivity contribution in [2.45, 2.75) is 58.5 Å². The number of benzene rings is 3. The van der Waals surface area contributed by atoms with Gasteiger partial charge in [-0.1, -0.05) is 66.7 Å². The van der Waals surface area contributed by atoms with Crippen LogP contribution in [0.3, 0.4) is 0 Å². The Labute approximate surface area is 277 Å². The summed E-state index contributed by atoms with van der Waals surface area (Å²) in [4.78, 5) is 23.9. The molecule has 246 valence electrons. The summed E-state index contributed by atoms with van der Waals surface area (Å²) in [5, 5.41) is 0. The smallest absolute Gasteiger partial charge is 0.410 e. The largest absolute Gasteiger partial charge is 0.487 e. The van der Waals surface area contributed by atoms with Crippen LogP contribution < -0.4 is 24.0 Å². The minimum atomic E-state index is -0.518. The van der Waals surface area contributed by atoms with Gasteiger partial charge in [0.1, 0.15) is 31.1 Å². The van der Waals surface area contributed by atoms with Crippen LogP contribution >= 0.6 is 0 Å². The number of piperidine rings is 1. The molecule has 1 amide bonds. The van der Waals surface area contributed by atoms with Crippen LogP contribution in [0.5, 0.6) is 17.5 Å². The molecule has 0 bridgehead atoms. The Morgan fingerprint density at radius 2 is 1.45 bits per heavy atom. The minimum Gasteiger partial charge on any atom is -0.487 e. The molecule has 1 aromatic heterocycles. The highest BCUT2D eigenvalue weighted by atomic mass is 16.6. The number of carbonyl (C=O) groups excluding carboxylic acids is 1. The first-order chi connectivity index (χ1) is 22.7. The van der Waals surface area contributed by atoms with Crippen molar-refractivity contribution in [3.8, 4) is 17.5 Å². The van der Waals surface area contributed by atoms with Crippen LogP contribution in [0.4, 0.5) is 21.9 Å². The highest BCUT2D eigenvalue weighted by Gasteiger charge is 2.32. The van der Waals surface area contributed by atoms with E-state index in [0.717, 1.165) is 59.9 Å². The first-order valence-corrected chi connectivity index (χ1v) is 16.3. The van der Waals surface area contributed by atoms with Crippen LogP contribution in [0, 0.1) is 0 Å². The lowest BCUT2D eigenvalue weighted by atomic mass is 10.0. The SMILES string of the molecule is CN(C(=O)OC(C)(C)C)C1CCN(c2cccc3c2OCCN3c2ccc(OCc3ccccc3)nc2OCc2ccccc2)CC1. The third-order valence-electron chi connectivity index (χ3n) is 8.41. The molecule has 3 heterocycles. The fourth-order valence-corrected chi connectivity index (χ4v) is 5.97. The predicted octanol–water partition coefficient (Wildman–Crippen LogP) is 7.61. The van der Waals surface area contributed by atoms with Crippen LogP contribution in [0.15, 0.2) is 91.0 Å². The molecule has 9 heteroatoms. The molecule has 2 aliphatic heterocycles. The Morgan fingerprint density at radius 3 is 2.11 bits per heavy atom. The van der Waals surface area contributed by atoms with E-state index in [1.165, 1.54) is 0 Å². The van der Waals surface area contributed by atoms with Crippen molar-refractivity contribution >= 4 is 23.2 Å². The monoisotopic (exact) mass is 636 g/mol. The molecule has 0 unspecified atom stereocenters. The van der Waals surface area contributed by atoms with Gasteiger partial charge in [0.25, 0.3) is 0 Å². The van der Waals surface area contributed by atoms with Gasteiger partial charge in [0, 0.05) is 32.2 Å². The van der Waals surface area contributed by atoms with Gasteiger partial charge in [0.15, 0.2) is 5.75 Å². The van der Waals surface area contributed by atoms with Gasteiger partial charge in [-0.15, -0.1) is 0 Å². The molecule has 9 nitrogen and oxygen atoms in total. The number of fused-ring (bicyclic) bond motifs is 1. The second-order valence-corrected chi connectivity index (χ2v) is 13.0. The molecule has 0 spiro atoms. The van der Waals surface area contributed by atoms with Crippen molar-refractivity contribution in [1.29, 1.82) is 0 Å². The number of aromatic nitrogens is 1. The highest BCUT2D eigenvalue weighted by Crippen LogP contribution is 2.46. The van der Waals surface area contributed by atoms with Crippen LogP contribution in [0.2, 0.25) is 0 Å². The molecule has 2 aliphatic rings. The predicted molar refractivity (Wildman–Crippen MR) is 184 cm³/mol. The fraction of sp³-hybridized carbons (Fsp3) is 0.368. The number of hydrogen-bond acceptors (Lipinski definition) is 8. The number of hydrogen-bond donors (Lipinski definition) is 0. The number of carbonyl (C=O) groups is 1. The van der Waals surface area contributed by atoms with Crippen molar-refractivity contribution in [2.24, 2.45) is 0 Å². The lowest BCUT2D eigenvalue weighted by Gasteiger charge is -2.40. The number of pyridine rings is 1. The molecule has 0 N–H and O–H groups in total. The lowest BCUT2D eigenvalue weighted by Crippen LogP contribution is -2.47. The number of amides is 1. The maximum Gasteiger partial charge on any atom is 0.410 e. The molecule has 1 fully saturated rings. The van der Waals surface area contributed by atoms with Crippen LogP contribution in [0.1, 0.15) is 44.7 Å². The van der Waals surface area contributed by atoms with E-state index >= 15 is 0 Å². The summed E-state index contributed by atoms with van der Waals surface area (Å²) in [5.41, 5.74) is 4.48. The number of rotatable bonds is 9. The molecule has 3 aromatic carbocycles. The quantitative estimate of drug-likeness (QED) is 0.186. The summed E-state index contributed by atoms with van der Waals surface area (Å²) in [6.45, 7) is 9.25. The van der Waals surface area contributed by atoms with Crippen molar-refractivity contribution in [3.63, 3.8) is 0 Å². The van der Waals surface area contributed by atoms with E-state index < -0.39 is 5.60 Å². The average Bonchev–Trinajstić information content (AvgIpc) is 3.09. The molecular formula is C38H44N4O5. The van der Waals surface area contributed by atoms with Gasteiger partial charge >= 0.3 is 6.09 Å². The summed E-state index contributed by atoms with van der Waals surface area (Å²) in [6.07, 6.45) is 1.41. The topological polar surface area (TPSA) is 76.6 Å². The van der Waals surface area contributed by atoms with E-state index in [0.29, 0.717) is 38.1 Å². The third-order valence-corrected chi connectivity index (χ3v) is 8.41. The van der Waals surface area contributed by atoms with Crippen molar-refractivity contribution in [1.82, 2.24) is 9.88 Å². The van der Waals surface area contributed by atoms with Gasteiger partial charge in [0.2, 0.25) is 11.8 Å². The van der Waals surface area contributed by atoms with Crippen molar-refractivity contribution in [2.75, 3.05) is 43.1 Å². The van der Waals surface area contributed by atoms with E-state index in [-0.39, 0.29) is 12.1 Å². The summed E-state index contributed by atoms with van der Waals surface area (Å²) in [6, 6.07) is 30.5. The Kier molecular flexibility index (Phi) is 9.71. The molecular weight excluding hydrogens is 592 g/mol. The zero-order valence-electron chi connectivity index (χ0n) is 27.7. The first-order valence-electron chi connectivity index (χ1n) is 16.3. The number of anilines is 3. The highest BCUT2D eigenvalue weighted by molar-refractivity contribution is 5.80. The molecule has 1 saturated heterocycles. The van der Waals surface area contributed by atoms with Gasteiger partial charge in [-0.05, 0) is 62.9 Å². The van der Waals surface area contributed by atoms with Gasteiger partial charge in [-0.2, -0.15) is 4.98 Å².